The molecule has 114 valence electrons. The second kappa shape index (κ2) is 8.12. The third-order valence-corrected chi connectivity index (χ3v) is 4.09. The molecule has 2 fully saturated rings. The number of hydrogen-bond donors (Lipinski definition) is 2. The van der Waals surface area contributed by atoms with Crippen molar-refractivity contribution >= 4 is 11.9 Å². The lowest BCUT2D eigenvalue weighted by atomic mass is 10.2. The first kappa shape index (κ1) is 15.1. The highest BCUT2D eigenvalue weighted by Crippen LogP contribution is 2.17. The van der Waals surface area contributed by atoms with Crippen LogP contribution >= 0.6 is 0 Å². The van der Waals surface area contributed by atoms with E-state index in [4.69, 9.17) is 0 Å². The second-order valence-electron chi connectivity index (χ2n) is 5.72. The maximum absolute atomic E-state index is 11.9. The molecule has 0 atom stereocenters. The maximum atomic E-state index is 11.9. The van der Waals surface area contributed by atoms with Gasteiger partial charge < -0.3 is 15.5 Å². The van der Waals surface area contributed by atoms with Crippen molar-refractivity contribution < 1.29 is 4.79 Å². The zero-order valence-corrected chi connectivity index (χ0v) is 12.7. The van der Waals surface area contributed by atoms with Gasteiger partial charge in [0.15, 0.2) is 5.96 Å². The Morgan fingerprint density at radius 1 is 1.20 bits per heavy atom. The molecule has 1 aliphatic heterocycles. The molecule has 1 saturated heterocycles. The lowest BCUT2D eigenvalue weighted by Crippen LogP contribution is -2.42. The highest BCUT2D eigenvalue weighted by Gasteiger charge is 2.18. The molecule has 2 aliphatic rings. The van der Waals surface area contributed by atoms with E-state index in [9.17, 15) is 4.79 Å². The average molecular weight is 280 g/mol. The molecule has 0 unspecified atom stereocenters. The van der Waals surface area contributed by atoms with E-state index in [1.807, 2.05) is 4.90 Å². The van der Waals surface area contributed by atoms with E-state index in [1.165, 1.54) is 25.7 Å². The van der Waals surface area contributed by atoms with Gasteiger partial charge >= 0.3 is 0 Å². The van der Waals surface area contributed by atoms with Crippen molar-refractivity contribution in [2.75, 3.05) is 26.2 Å². The molecule has 0 aromatic carbocycles. The zero-order chi connectivity index (χ0) is 14.2. The molecular weight excluding hydrogens is 252 g/mol. The topological polar surface area (TPSA) is 56.7 Å². The van der Waals surface area contributed by atoms with E-state index in [0.29, 0.717) is 19.0 Å². The van der Waals surface area contributed by atoms with E-state index < -0.39 is 0 Å². The molecule has 2 rings (SSSR count). The Balaban J connectivity index is 1.74. The van der Waals surface area contributed by atoms with Gasteiger partial charge in [0.25, 0.3) is 0 Å². The summed E-state index contributed by atoms with van der Waals surface area (Å²) in [6.45, 7) is 5.38. The third kappa shape index (κ3) is 4.69. The highest BCUT2D eigenvalue weighted by atomic mass is 16.2. The molecule has 20 heavy (non-hydrogen) atoms. The van der Waals surface area contributed by atoms with Gasteiger partial charge in [-0.25, -0.2) is 0 Å². The quantitative estimate of drug-likeness (QED) is 0.593. The lowest BCUT2D eigenvalue weighted by Gasteiger charge is -2.17. The van der Waals surface area contributed by atoms with Crippen molar-refractivity contribution in [1.82, 2.24) is 15.5 Å². The van der Waals surface area contributed by atoms with Crippen LogP contribution in [0, 0.1) is 0 Å². The Labute approximate surface area is 122 Å². The molecule has 2 N–H and O–H groups in total. The fourth-order valence-electron chi connectivity index (χ4n) is 2.97. The Morgan fingerprint density at radius 3 is 2.55 bits per heavy atom. The van der Waals surface area contributed by atoms with Crippen LogP contribution in [0.15, 0.2) is 4.99 Å². The highest BCUT2D eigenvalue weighted by molar-refractivity contribution is 5.81. The first-order valence-electron chi connectivity index (χ1n) is 8.12. The zero-order valence-electron chi connectivity index (χ0n) is 12.7. The predicted octanol–water partition coefficient (Wildman–Crippen LogP) is 1.50. The number of guanidine groups is 1. The summed E-state index contributed by atoms with van der Waals surface area (Å²) in [6.07, 6.45) is 7.92. The molecule has 0 bridgehead atoms. The number of rotatable bonds is 5. The summed E-state index contributed by atoms with van der Waals surface area (Å²) in [7, 11) is 0. The normalized spacial score (nSPS) is 20.4. The number of likely N-dealkylation sites (tertiary alicyclic amines) is 1. The number of aliphatic imine (C=N–C) groups is 1. The summed E-state index contributed by atoms with van der Waals surface area (Å²) in [5, 5.41) is 6.74. The summed E-state index contributed by atoms with van der Waals surface area (Å²) in [5.74, 6) is 1.12. The van der Waals surface area contributed by atoms with E-state index in [1.54, 1.807) is 0 Å². The van der Waals surface area contributed by atoms with Crippen LogP contribution in [0.3, 0.4) is 0 Å². The van der Waals surface area contributed by atoms with Crippen LogP contribution in [0.4, 0.5) is 0 Å². The summed E-state index contributed by atoms with van der Waals surface area (Å²) < 4.78 is 0. The Bertz CT molecular complexity index is 331. The predicted molar refractivity (Wildman–Crippen MR) is 81.8 cm³/mol. The van der Waals surface area contributed by atoms with Crippen LogP contribution in [0.25, 0.3) is 0 Å². The summed E-state index contributed by atoms with van der Waals surface area (Å²) in [6, 6.07) is 0.557. The lowest BCUT2D eigenvalue weighted by molar-refractivity contribution is -0.129. The molecule has 0 aromatic heterocycles. The molecule has 1 heterocycles. The Kier molecular flexibility index (Phi) is 6.15. The Hall–Kier alpha value is -1.26. The number of carbonyl (C=O) groups excluding carboxylic acids is 1. The summed E-state index contributed by atoms with van der Waals surface area (Å²) >= 11 is 0. The van der Waals surface area contributed by atoms with Crippen LogP contribution in [-0.2, 0) is 4.79 Å². The number of nitrogens with zero attached hydrogens (tertiary/aromatic N) is 2. The van der Waals surface area contributed by atoms with Crippen molar-refractivity contribution in [1.29, 1.82) is 0 Å². The minimum Gasteiger partial charge on any atom is -0.357 e. The van der Waals surface area contributed by atoms with Gasteiger partial charge in [0.05, 0.1) is 6.54 Å². The van der Waals surface area contributed by atoms with Crippen LogP contribution in [0.2, 0.25) is 0 Å². The summed E-state index contributed by atoms with van der Waals surface area (Å²) in [4.78, 5) is 18.4. The minimum absolute atomic E-state index is 0.253. The minimum atomic E-state index is 0.253. The van der Waals surface area contributed by atoms with Gasteiger partial charge in [0, 0.05) is 32.1 Å². The van der Waals surface area contributed by atoms with Crippen molar-refractivity contribution in [2.24, 2.45) is 4.99 Å². The molecule has 1 saturated carbocycles. The molecule has 5 nitrogen and oxygen atoms in total. The van der Waals surface area contributed by atoms with Crippen molar-refractivity contribution in [3.8, 4) is 0 Å². The van der Waals surface area contributed by atoms with Gasteiger partial charge in [-0.15, -0.1) is 0 Å². The van der Waals surface area contributed by atoms with E-state index in [2.05, 4.69) is 22.5 Å². The van der Waals surface area contributed by atoms with Crippen molar-refractivity contribution in [3.05, 3.63) is 0 Å². The number of hydrogen-bond acceptors (Lipinski definition) is 2. The first-order chi connectivity index (χ1) is 9.79. The van der Waals surface area contributed by atoms with Crippen LogP contribution < -0.4 is 10.6 Å². The van der Waals surface area contributed by atoms with Gasteiger partial charge in [-0.1, -0.05) is 12.8 Å². The van der Waals surface area contributed by atoms with E-state index in [-0.39, 0.29) is 5.91 Å². The van der Waals surface area contributed by atoms with Crippen LogP contribution in [0.1, 0.15) is 51.9 Å². The smallest absolute Gasteiger partial charge is 0.224 e. The van der Waals surface area contributed by atoms with Crippen LogP contribution in [0.5, 0.6) is 0 Å². The van der Waals surface area contributed by atoms with E-state index >= 15 is 0 Å². The third-order valence-electron chi connectivity index (χ3n) is 4.09. The standard InChI is InChI=1S/C15H28N4O/c1-2-16-15(18-13-7-3-4-8-13)17-10-9-14(20)19-11-5-6-12-19/h13H,2-12H2,1H3,(H2,16,17,18). The molecular formula is C15H28N4O. The fraction of sp³-hybridized carbons (Fsp3) is 0.867. The second-order valence-corrected chi connectivity index (χ2v) is 5.72. The summed E-state index contributed by atoms with van der Waals surface area (Å²) in [5.41, 5.74) is 0. The van der Waals surface area contributed by atoms with Gasteiger partial charge in [-0.2, -0.15) is 0 Å². The molecule has 5 heteroatoms. The fourth-order valence-corrected chi connectivity index (χ4v) is 2.97. The SMILES string of the molecule is CCNC(=NCCC(=O)N1CCCC1)NC1CCCC1. The number of carbonyl (C=O) groups is 1. The van der Waals surface area contributed by atoms with Gasteiger partial charge in [-0.05, 0) is 32.6 Å². The Morgan fingerprint density at radius 2 is 1.90 bits per heavy atom. The number of nitrogens with one attached hydrogen (secondary N) is 2. The van der Waals surface area contributed by atoms with Gasteiger partial charge in [-0.3, -0.25) is 9.79 Å². The largest absolute Gasteiger partial charge is 0.357 e. The number of amides is 1. The molecule has 0 radical (unpaired) electrons. The first-order valence-corrected chi connectivity index (χ1v) is 8.12. The molecule has 0 spiro atoms. The van der Waals surface area contributed by atoms with Crippen LogP contribution in [-0.4, -0.2) is 49.0 Å². The molecule has 0 aromatic rings. The molecule has 1 amide bonds. The van der Waals surface area contributed by atoms with E-state index in [0.717, 1.165) is 38.4 Å². The maximum Gasteiger partial charge on any atom is 0.224 e. The van der Waals surface area contributed by atoms with Crippen molar-refractivity contribution in [2.45, 2.75) is 57.9 Å². The molecule has 1 aliphatic carbocycles. The van der Waals surface area contributed by atoms with Gasteiger partial charge in [0.2, 0.25) is 5.91 Å². The average Bonchev–Trinajstić information content (AvgIpc) is 3.12. The van der Waals surface area contributed by atoms with Crippen molar-refractivity contribution in [3.63, 3.8) is 0 Å². The van der Waals surface area contributed by atoms with Gasteiger partial charge in [0.1, 0.15) is 0 Å². The monoisotopic (exact) mass is 280 g/mol.